The van der Waals surface area contributed by atoms with Crippen molar-refractivity contribution in [2.24, 2.45) is 5.73 Å². The lowest BCUT2D eigenvalue weighted by Gasteiger charge is -2.15. The fourth-order valence-electron chi connectivity index (χ4n) is 1.96. The summed E-state index contributed by atoms with van der Waals surface area (Å²) in [7, 11) is 0. The Balaban J connectivity index is 2.14. The fraction of sp³-hybridized carbons (Fsp3) is 0.200. The SMILES string of the molecule is NC(Cc1ccc(Br)cc1Cl)c1cccc(OC(F)F)c1. The zero-order valence-electron chi connectivity index (χ0n) is 10.9. The molecule has 0 fully saturated rings. The van der Waals surface area contributed by atoms with E-state index in [1.54, 1.807) is 18.2 Å². The molecule has 0 saturated heterocycles. The lowest BCUT2D eigenvalue weighted by atomic mass is 9.99. The Morgan fingerprint density at radius 1 is 1.19 bits per heavy atom. The molecule has 0 radical (unpaired) electrons. The lowest BCUT2D eigenvalue weighted by Crippen LogP contribution is -2.14. The predicted octanol–water partition coefficient (Wildman–Crippen LogP) is 4.95. The molecule has 0 aliphatic rings. The van der Waals surface area contributed by atoms with E-state index >= 15 is 0 Å². The van der Waals surface area contributed by atoms with E-state index in [0.717, 1.165) is 10.0 Å². The summed E-state index contributed by atoms with van der Waals surface area (Å²) in [6.45, 7) is -2.85. The second kappa shape index (κ2) is 7.20. The third-order valence-electron chi connectivity index (χ3n) is 2.97. The topological polar surface area (TPSA) is 35.2 Å². The second-order valence-corrected chi connectivity index (χ2v) is 5.82. The van der Waals surface area contributed by atoms with Crippen LogP contribution in [0.25, 0.3) is 0 Å². The van der Waals surface area contributed by atoms with Crippen molar-refractivity contribution in [3.8, 4) is 5.75 Å². The molecule has 1 unspecified atom stereocenters. The Labute approximate surface area is 135 Å². The Bertz CT molecular complexity index is 624. The van der Waals surface area contributed by atoms with Crippen molar-refractivity contribution in [3.05, 3.63) is 63.1 Å². The molecule has 0 spiro atoms. The maximum absolute atomic E-state index is 12.2. The zero-order chi connectivity index (χ0) is 15.4. The summed E-state index contributed by atoms with van der Waals surface area (Å²) in [4.78, 5) is 0. The molecule has 2 aromatic rings. The molecule has 21 heavy (non-hydrogen) atoms. The van der Waals surface area contributed by atoms with Crippen molar-refractivity contribution in [2.45, 2.75) is 19.1 Å². The molecular formula is C15H13BrClF2NO. The third kappa shape index (κ3) is 4.66. The van der Waals surface area contributed by atoms with Crippen molar-refractivity contribution in [1.82, 2.24) is 0 Å². The van der Waals surface area contributed by atoms with Gasteiger partial charge in [-0.05, 0) is 41.8 Å². The first kappa shape index (κ1) is 16.2. The summed E-state index contributed by atoms with van der Waals surface area (Å²) in [6, 6.07) is 11.6. The van der Waals surface area contributed by atoms with Crippen molar-refractivity contribution in [3.63, 3.8) is 0 Å². The monoisotopic (exact) mass is 375 g/mol. The van der Waals surface area contributed by atoms with E-state index in [1.165, 1.54) is 12.1 Å². The Morgan fingerprint density at radius 2 is 1.95 bits per heavy atom. The first-order valence-corrected chi connectivity index (χ1v) is 7.37. The molecule has 0 aliphatic carbocycles. The van der Waals surface area contributed by atoms with Crippen LogP contribution < -0.4 is 10.5 Å². The minimum absolute atomic E-state index is 0.0971. The normalized spacial score (nSPS) is 12.5. The van der Waals surface area contributed by atoms with Gasteiger partial charge < -0.3 is 10.5 Å². The maximum Gasteiger partial charge on any atom is 0.387 e. The van der Waals surface area contributed by atoms with Gasteiger partial charge in [-0.3, -0.25) is 0 Å². The van der Waals surface area contributed by atoms with Crippen LogP contribution in [0, 0.1) is 0 Å². The van der Waals surface area contributed by atoms with Gasteiger partial charge in [-0.2, -0.15) is 8.78 Å². The zero-order valence-corrected chi connectivity index (χ0v) is 13.2. The standard InChI is InChI=1S/C15H13BrClF2NO/c16-11-5-4-9(13(17)8-11)7-14(20)10-2-1-3-12(6-10)21-15(18)19/h1-6,8,14-15H,7,20H2. The van der Waals surface area contributed by atoms with Crippen LogP contribution in [-0.2, 0) is 6.42 Å². The highest BCUT2D eigenvalue weighted by Crippen LogP contribution is 2.27. The molecule has 0 aliphatic heterocycles. The minimum atomic E-state index is -2.85. The summed E-state index contributed by atoms with van der Waals surface area (Å²) in [5.41, 5.74) is 7.73. The van der Waals surface area contributed by atoms with E-state index in [1.807, 2.05) is 12.1 Å². The number of ether oxygens (including phenoxy) is 1. The van der Waals surface area contributed by atoms with E-state index in [0.29, 0.717) is 17.0 Å². The van der Waals surface area contributed by atoms with Crippen molar-refractivity contribution >= 4 is 27.5 Å². The predicted molar refractivity (Wildman–Crippen MR) is 82.9 cm³/mol. The Morgan fingerprint density at radius 3 is 2.62 bits per heavy atom. The molecule has 2 rings (SSSR count). The van der Waals surface area contributed by atoms with Crippen LogP contribution in [0.1, 0.15) is 17.2 Å². The van der Waals surface area contributed by atoms with Crippen LogP contribution in [0.5, 0.6) is 5.75 Å². The van der Waals surface area contributed by atoms with Crippen LogP contribution in [0.3, 0.4) is 0 Å². The maximum atomic E-state index is 12.2. The van der Waals surface area contributed by atoms with Crippen LogP contribution >= 0.6 is 27.5 Å². The van der Waals surface area contributed by atoms with Crippen LogP contribution in [0.4, 0.5) is 8.78 Å². The molecule has 0 aromatic heterocycles. The third-order valence-corrected chi connectivity index (χ3v) is 3.81. The largest absolute Gasteiger partial charge is 0.435 e. The average molecular weight is 377 g/mol. The number of hydrogen-bond donors (Lipinski definition) is 1. The van der Waals surface area contributed by atoms with Gasteiger partial charge in [-0.1, -0.05) is 45.7 Å². The van der Waals surface area contributed by atoms with Crippen LogP contribution in [0.2, 0.25) is 5.02 Å². The number of hydrogen-bond acceptors (Lipinski definition) is 2. The van der Waals surface area contributed by atoms with E-state index in [2.05, 4.69) is 20.7 Å². The van der Waals surface area contributed by atoms with Crippen molar-refractivity contribution in [2.75, 3.05) is 0 Å². The summed E-state index contributed by atoms with van der Waals surface area (Å²) in [5, 5.41) is 0.611. The summed E-state index contributed by atoms with van der Waals surface area (Å²) >= 11 is 9.49. The van der Waals surface area contributed by atoms with Gasteiger partial charge in [0.15, 0.2) is 0 Å². The van der Waals surface area contributed by atoms with Crippen molar-refractivity contribution < 1.29 is 13.5 Å². The molecule has 2 N–H and O–H groups in total. The van der Waals surface area contributed by atoms with Gasteiger partial charge in [0.25, 0.3) is 0 Å². The van der Waals surface area contributed by atoms with Gasteiger partial charge in [-0.25, -0.2) is 0 Å². The highest BCUT2D eigenvalue weighted by atomic mass is 79.9. The lowest BCUT2D eigenvalue weighted by molar-refractivity contribution is -0.0498. The van der Waals surface area contributed by atoms with Gasteiger partial charge in [0, 0.05) is 15.5 Å². The molecule has 0 bridgehead atoms. The molecule has 112 valence electrons. The first-order valence-electron chi connectivity index (χ1n) is 6.20. The molecule has 2 aromatic carbocycles. The smallest absolute Gasteiger partial charge is 0.387 e. The van der Waals surface area contributed by atoms with E-state index in [-0.39, 0.29) is 11.8 Å². The molecule has 0 heterocycles. The van der Waals surface area contributed by atoms with Crippen LogP contribution in [-0.4, -0.2) is 6.61 Å². The molecule has 0 saturated carbocycles. The molecular weight excluding hydrogens is 364 g/mol. The summed E-state index contributed by atoms with van der Waals surface area (Å²) < 4.78 is 29.7. The van der Waals surface area contributed by atoms with Gasteiger partial charge in [-0.15, -0.1) is 0 Å². The minimum Gasteiger partial charge on any atom is -0.435 e. The van der Waals surface area contributed by atoms with E-state index < -0.39 is 6.61 Å². The number of rotatable bonds is 5. The molecule has 6 heteroatoms. The summed E-state index contributed by atoms with van der Waals surface area (Å²) in [5.74, 6) is 0.0971. The fourth-order valence-corrected chi connectivity index (χ4v) is 2.71. The van der Waals surface area contributed by atoms with Gasteiger partial charge >= 0.3 is 6.61 Å². The number of halogens is 4. The first-order chi connectivity index (χ1) is 9.95. The van der Waals surface area contributed by atoms with Gasteiger partial charge in [0.1, 0.15) is 5.75 Å². The van der Waals surface area contributed by atoms with E-state index in [9.17, 15) is 8.78 Å². The Hall–Kier alpha value is -1.17. The molecule has 2 nitrogen and oxygen atoms in total. The Kier molecular flexibility index (Phi) is 5.56. The summed E-state index contributed by atoms with van der Waals surface area (Å²) in [6.07, 6.45) is 0.504. The second-order valence-electron chi connectivity index (χ2n) is 4.50. The van der Waals surface area contributed by atoms with E-state index in [4.69, 9.17) is 17.3 Å². The van der Waals surface area contributed by atoms with Gasteiger partial charge in [0.2, 0.25) is 0 Å². The number of benzene rings is 2. The number of alkyl halides is 2. The van der Waals surface area contributed by atoms with Crippen LogP contribution in [0.15, 0.2) is 46.9 Å². The average Bonchev–Trinajstić information content (AvgIpc) is 2.41. The van der Waals surface area contributed by atoms with Crippen molar-refractivity contribution in [1.29, 1.82) is 0 Å². The number of nitrogens with two attached hydrogens (primary N) is 1. The molecule has 0 amide bonds. The molecule has 1 atom stereocenters. The highest BCUT2D eigenvalue weighted by molar-refractivity contribution is 9.10. The quantitative estimate of drug-likeness (QED) is 0.801. The van der Waals surface area contributed by atoms with Gasteiger partial charge in [0.05, 0.1) is 0 Å². The highest BCUT2D eigenvalue weighted by Gasteiger charge is 2.12.